The number of nitrogens with zero attached hydrogens (tertiary/aromatic N) is 3. The van der Waals surface area contributed by atoms with Crippen molar-refractivity contribution in [3.05, 3.63) is 16.1 Å². The minimum atomic E-state index is -2.96. The topological polar surface area (TPSA) is 83.9 Å². The molecule has 7 nitrogen and oxygen atoms in total. The summed E-state index contributed by atoms with van der Waals surface area (Å²) in [6.07, 6.45) is 1.20. The first-order valence-electron chi connectivity index (χ1n) is 6.90. The van der Waals surface area contributed by atoms with Crippen molar-refractivity contribution in [1.82, 2.24) is 15.2 Å². The molecular formula is C13H24N4O3S2. The summed E-state index contributed by atoms with van der Waals surface area (Å²) in [7, 11) is 0.695. The predicted octanol–water partition coefficient (Wildman–Crippen LogP) is 0.520. The normalized spacial score (nSPS) is 12.5. The van der Waals surface area contributed by atoms with E-state index < -0.39 is 9.84 Å². The molecule has 1 heterocycles. The number of hydrogen-bond donors (Lipinski definition) is 1. The average Bonchev–Trinajstić information content (AvgIpc) is 2.82. The van der Waals surface area contributed by atoms with Gasteiger partial charge in [0.2, 0.25) is 0 Å². The van der Waals surface area contributed by atoms with Crippen molar-refractivity contribution in [1.29, 1.82) is 0 Å². The number of sulfone groups is 1. The number of thiazole rings is 1. The highest BCUT2D eigenvalue weighted by atomic mass is 32.2. The van der Waals surface area contributed by atoms with Crippen molar-refractivity contribution in [2.45, 2.75) is 13.5 Å². The van der Waals surface area contributed by atoms with Gasteiger partial charge in [-0.05, 0) is 6.92 Å². The zero-order chi connectivity index (χ0) is 16.6. The summed E-state index contributed by atoms with van der Waals surface area (Å²) in [4.78, 5) is 10.6. The molecule has 0 aliphatic rings. The van der Waals surface area contributed by atoms with Gasteiger partial charge in [-0.15, -0.1) is 11.3 Å². The number of hydrogen-bond acceptors (Lipinski definition) is 6. The van der Waals surface area contributed by atoms with Gasteiger partial charge in [0.15, 0.2) is 5.96 Å². The summed E-state index contributed by atoms with van der Waals surface area (Å²) in [5.74, 6) is 0.794. The van der Waals surface area contributed by atoms with E-state index in [2.05, 4.69) is 15.3 Å². The minimum Gasteiger partial charge on any atom is -0.379 e. The first-order valence-corrected chi connectivity index (χ1v) is 9.84. The molecule has 22 heavy (non-hydrogen) atoms. The monoisotopic (exact) mass is 348 g/mol. The molecule has 0 aromatic carbocycles. The number of guanidine groups is 1. The number of nitrogens with one attached hydrogen (secondary N) is 1. The van der Waals surface area contributed by atoms with E-state index in [9.17, 15) is 8.42 Å². The van der Waals surface area contributed by atoms with Crippen molar-refractivity contribution in [3.63, 3.8) is 0 Å². The van der Waals surface area contributed by atoms with Crippen molar-refractivity contribution >= 4 is 27.1 Å². The second-order valence-corrected chi connectivity index (χ2v) is 8.25. The Hall–Kier alpha value is -1.19. The number of ether oxygens (including phenoxy) is 1. The lowest BCUT2D eigenvalue weighted by Crippen LogP contribution is -2.40. The Morgan fingerprint density at radius 3 is 2.77 bits per heavy atom. The fourth-order valence-electron chi connectivity index (χ4n) is 1.73. The third kappa shape index (κ3) is 7.71. The lowest BCUT2D eigenvalue weighted by atomic mass is 10.4. The molecule has 0 unspecified atom stereocenters. The molecule has 0 saturated heterocycles. The molecule has 0 amide bonds. The van der Waals surface area contributed by atoms with Crippen LogP contribution in [-0.2, 0) is 21.1 Å². The third-order valence-corrected chi connectivity index (χ3v) is 4.50. The SMILES string of the molecule is CN=C(NCCOCCS(C)(=O)=O)N(C)Cc1csc(C)n1. The predicted molar refractivity (Wildman–Crippen MR) is 90.2 cm³/mol. The molecule has 1 rings (SSSR count). The highest BCUT2D eigenvalue weighted by molar-refractivity contribution is 7.90. The summed E-state index contributed by atoms with van der Waals surface area (Å²) >= 11 is 1.63. The number of aliphatic imine (C=N–C) groups is 1. The van der Waals surface area contributed by atoms with Gasteiger partial charge in [-0.1, -0.05) is 0 Å². The van der Waals surface area contributed by atoms with E-state index in [1.54, 1.807) is 18.4 Å². The molecule has 9 heteroatoms. The van der Waals surface area contributed by atoms with Crippen LogP contribution in [0.2, 0.25) is 0 Å². The van der Waals surface area contributed by atoms with Crippen molar-refractivity contribution < 1.29 is 13.2 Å². The number of aryl methyl sites for hydroxylation is 1. The molecular weight excluding hydrogens is 324 g/mol. The number of aromatic nitrogens is 1. The van der Waals surface area contributed by atoms with Crippen LogP contribution < -0.4 is 5.32 Å². The summed E-state index contributed by atoms with van der Waals surface area (Å²) in [5, 5.41) is 6.25. The van der Waals surface area contributed by atoms with E-state index >= 15 is 0 Å². The van der Waals surface area contributed by atoms with Gasteiger partial charge in [-0.3, -0.25) is 4.99 Å². The van der Waals surface area contributed by atoms with Gasteiger partial charge >= 0.3 is 0 Å². The van der Waals surface area contributed by atoms with Crippen LogP contribution in [-0.4, -0.2) is 70.1 Å². The molecule has 0 radical (unpaired) electrons. The summed E-state index contributed by atoms with van der Waals surface area (Å²) in [6.45, 7) is 3.87. The second kappa shape index (κ2) is 9.06. The van der Waals surface area contributed by atoms with Crippen LogP contribution in [0.4, 0.5) is 0 Å². The Balaban J connectivity index is 2.27. The van der Waals surface area contributed by atoms with Crippen LogP contribution in [0, 0.1) is 6.92 Å². The Labute approximate surface area is 136 Å². The van der Waals surface area contributed by atoms with Crippen LogP contribution in [0.5, 0.6) is 0 Å². The zero-order valence-corrected chi connectivity index (χ0v) is 15.1. The molecule has 1 aromatic rings. The molecule has 1 aromatic heterocycles. The van der Waals surface area contributed by atoms with E-state index in [0.717, 1.165) is 16.7 Å². The Bertz CT molecular complexity index is 584. The third-order valence-electron chi connectivity index (χ3n) is 2.77. The van der Waals surface area contributed by atoms with E-state index in [-0.39, 0.29) is 12.4 Å². The molecule has 0 saturated carbocycles. The van der Waals surface area contributed by atoms with Crippen LogP contribution in [0.1, 0.15) is 10.7 Å². The first-order chi connectivity index (χ1) is 10.3. The van der Waals surface area contributed by atoms with Gasteiger partial charge in [0.25, 0.3) is 0 Å². The van der Waals surface area contributed by atoms with E-state index in [4.69, 9.17) is 4.74 Å². The van der Waals surface area contributed by atoms with Gasteiger partial charge in [0.1, 0.15) is 9.84 Å². The average molecular weight is 348 g/mol. The summed E-state index contributed by atoms with van der Waals surface area (Å²) in [5.41, 5.74) is 1.01. The lowest BCUT2D eigenvalue weighted by Gasteiger charge is -2.21. The summed E-state index contributed by atoms with van der Waals surface area (Å²) < 4.78 is 27.2. The standard InChI is InChI=1S/C13H24N4O3S2/c1-11-16-12(10-21-11)9-17(3)13(14-2)15-5-6-20-7-8-22(4,18)19/h10H,5-9H2,1-4H3,(H,14,15). The van der Waals surface area contributed by atoms with E-state index in [0.29, 0.717) is 19.7 Å². The zero-order valence-electron chi connectivity index (χ0n) is 13.5. The minimum absolute atomic E-state index is 0.0464. The Morgan fingerprint density at radius 1 is 1.50 bits per heavy atom. The van der Waals surface area contributed by atoms with Crippen LogP contribution >= 0.6 is 11.3 Å². The van der Waals surface area contributed by atoms with Gasteiger partial charge in [-0.2, -0.15) is 0 Å². The molecule has 0 atom stereocenters. The molecule has 1 N–H and O–H groups in total. The summed E-state index contributed by atoms with van der Waals surface area (Å²) in [6, 6.07) is 0. The highest BCUT2D eigenvalue weighted by Crippen LogP contribution is 2.09. The maximum absolute atomic E-state index is 11.0. The smallest absolute Gasteiger partial charge is 0.193 e. The van der Waals surface area contributed by atoms with Gasteiger partial charge in [-0.25, -0.2) is 13.4 Å². The Kier molecular flexibility index (Phi) is 7.77. The molecule has 0 aliphatic heterocycles. The van der Waals surface area contributed by atoms with E-state index in [1.165, 1.54) is 6.26 Å². The second-order valence-electron chi connectivity index (χ2n) is 4.93. The van der Waals surface area contributed by atoms with E-state index in [1.807, 2.05) is 24.3 Å². The fraction of sp³-hybridized carbons (Fsp3) is 0.692. The largest absolute Gasteiger partial charge is 0.379 e. The first kappa shape index (κ1) is 18.9. The van der Waals surface area contributed by atoms with Gasteiger partial charge in [0.05, 0.1) is 36.2 Å². The molecule has 0 fully saturated rings. The lowest BCUT2D eigenvalue weighted by molar-refractivity contribution is 0.153. The van der Waals surface area contributed by atoms with Gasteiger partial charge in [0, 0.05) is 32.3 Å². The highest BCUT2D eigenvalue weighted by Gasteiger charge is 2.08. The van der Waals surface area contributed by atoms with Crippen molar-refractivity contribution in [3.8, 4) is 0 Å². The molecule has 0 bridgehead atoms. The number of rotatable bonds is 8. The van der Waals surface area contributed by atoms with Gasteiger partial charge < -0.3 is 15.0 Å². The van der Waals surface area contributed by atoms with Crippen LogP contribution in [0.25, 0.3) is 0 Å². The van der Waals surface area contributed by atoms with Crippen molar-refractivity contribution in [2.24, 2.45) is 4.99 Å². The quantitative estimate of drug-likeness (QED) is 0.419. The van der Waals surface area contributed by atoms with Crippen LogP contribution in [0.3, 0.4) is 0 Å². The van der Waals surface area contributed by atoms with Crippen LogP contribution in [0.15, 0.2) is 10.4 Å². The Morgan fingerprint density at radius 2 is 2.23 bits per heavy atom. The maximum Gasteiger partial charge on any atom is 0.193 e. The molecule has 0 spiro atoms. The van der Waals surface area contributed by atoms with Crippen molar-refractivity contribution in [2.75, 3.05) is 45.9 Å². The fourth-order valence-corrected chi connectivity index (χ4v) is 2.76. The maximum atomic E-state index is 11.0. The molecule has 0 aliphatic carbocycles. The molecule has 126 valence electrons.